The van der Waals surface area contributed by atoms with E-state index in [1.807, 2.05) is 0 Å². The lowest BCUT2D eigenvalue weighted by Gasteiger charge is -2.21. The summed E-state index contributed by atoms with van der Waals surface area (Å²) in [6, 6.07) is 5.95. The van der Waals surface area contributed by atoms with Crippen LogP contribution in [0, 0.1) is 29.1 Å². The third-order valence-electron chi connectivity index (χ3n) is 6.23. The number of aromatic carboxylic acids is 1. The van der Waals surface area contributed by atoms with Crippen LogP contribution in [-0.2, 0) is 9.59 Å². The van der Waals surface area contributed by atoms with Crippen molar-refractivity contribution in [2.75, 3.05) is 4.90 Å². The van der Waals surface area contributed by atoms with Crippen molar-refractivity contribution in [3.8, 4) is 0 Å². The zero-order valence-corrected chi connectivity index (χ0v) is 12.3. The summed E-state index contributed by atoms with van der Waals surface area (Å²) in [5.41, 5.74) is 0.815. The fourth-order valence-corrected chi connectivity index (χ4v) is 5.09. The predicted molar refractivity (Wildman–Crippen MR) is 80.7 cm³/mol. The summed E-state index contributed by atoms with van der Waals surface area (Å²) in [4.78, 5) is 38.0. The van der Waals surface area contributed by atoms with Crippen molar-refractivity contribution < 1.29 is 19.5 Å². The summed E-state index contributed by atoms with van der Waals surface area (Å²) in [5.74, 6) is -1.30. The van der Waals surface area contributed by atoms with Gasteiger partial charge in [-0.1, -0.05) is 12.2 Å². The quantitative estimate of drug-likeness (QED) is 0.670. The molecule has 1 spiro atoms. The van der Waals surface area contributed by atoms with Crippen LogP contribution in [0.2, 0.25) is 0 Å². The maximum absolute atomic E-state index is 12.9. The minimum absolute atomic E-state index is 0.119. The lowest BCUT2D eigenvalue weighted by atomic mass is 9.85. The van der Waals surface area contributed by atoms with Gasteiger partial charge in [-0.2, -0.15) is 0 Å². The molecule has 2 bridgehead atoms. The average molecular weight is 309 g/mol. The van der Waals surface area contributed by atoms with Crippen LogP contribution in [0.4, 0.5) is 5.69 Å². The molecule has 1 saturated heterocycles. The van der Waals surface area contributed by atoms with Crippen LogP contribution in [0.15, 0.2) is 36.4 Å². The highest BCUT2D eigenvalue weighted by atomic mass is 16.4. The number of anilines is 1. The van der Waals surface area contributed by atoms with E-state index in [4.69, 9.17) is 5.11 Å². The Kier molecular flexibility index (Phi) is 2.22. The van der Waals surface area contributed by atoms with Gasteiger partial charge in [0.15, 0.2) is 0 Å². The van der Waals surface area contributed by atoms with Crippen LogP contribution in [0.1, 0.15) is 23.2 Å². The van der Waals surface area contributed by atoms with Gasteiger partial charge >= 0.3 is 5.97 Å². The van der Waals surface area contributed by atoms with Crippen LogP contribution in [-0.4, -0.2) is 22.9 Å². The Bertz CT molecular complexity index is 756. The number of allylic oxidation sites excluding steroid dienone is 2. The summed E-state index contributed by atoms with van der Waals surface area (Å²) in [6.45, 7) is 0. The second-order valence-corrected chi connectivity index (χ2v) is 7.09. The third kappa shape index (κ3) is 1.41. The van der Waals surface area contributed by atoms with Gasteiger partial charge in [0, 0.05) is 0 Å². The van der Waals surface area contributed by atoms with E-state index >= 15 is 0 Å². The molecule has 23 heavy (non-hydrogen) atoms. The molecule has 2 amide bonds. The SMILES string of the molecule is O=C(O)c1ccc(N2C(=O)[C@@H]3[C@H](C2=O)[C@H]2C=C[C@@H]3C23CC3)cc1. The molecular weight excluding hydrogens is 294 g/mol. The number of hydrogen-bond donors (Lipinski definition) is 1. The highest BCUT2D eigenvalue weighted by Gasteiger charge is 2.73. The second-order valence-electron chi connectivity index (χ2n) is 7.09. The second kappa shape index (κ2) is 3.91. The summed E-state index contributed by atoms with van der Waals surface area (Å²) < 4.78 is 0. The number of amides is 2. The zero-order valence-electron chi connectivity index (χ0n) is 12.3. The van der Waals surface area contributed by atoms with Crippen molar-refractivity contribution in [2.24, 2.45) is 29.1 Å². The van der Waals surface area contributed by atoms with E-state index in [1.54, 1.807) is 12.1 Å². The number of nitrogens with zero attached hydrogens (tertiary/aromatic N) is 1. The molecular formula is C18H15NO4. The molecule has 3 aliphatic carbocycles. The van der Waals surface area contributed by atoms with E-state index in [2.05, 4.69) is 12.2 Å². The largest absolute Gasteiger partial charge is 0.478 e. The number of imide groups is 1. The fraction of sp³-hybridized carbons (Fsp3) is 0.389. The van der Waals surface area contributed by atoms with Crippen LogP contribution in [0.5, 0.6) is 0 Å². The standard InChI is InChI=1S/C18H15NO4/c20-15-13-11-5-6-12(18(11)7-8-18)14(13)16(21)19(15)10-3-1-9(2-4-10)17(22)23/h1-6,11-14H,7-8H2,(H,22,23)/t11-,12+,13-,14+. The number of carbonyl (C=O) groups is 3. The van der Waals surface area contributed by atoms with Crippen molar-refractivity contribution in [1.29, 1.82) is 0 Å². The Balaban J connectivity index is 1.52. The molecule has 4 atom stereocenters. The van der Waals surface area contributed by atoms with Gasteiger partial charge in [-0.05, 0) is 54.4 Å². The van der Waals surface area contributed by atoms with Crippen molar-refractivity contribution in [1.82, 2.24) is 0 Å². The van der Waals surface area contributed by atoms with Gasteiger partial charge in [-0.15, -0.1) is 0 Å². The minimum Gasteiger partial charge on any atom is -0.478 e. The van der Waals surface area contributed by atoms with Crippen molar-refractivity contribution in [2.45, 2.75) is 12.8 Å². The van der Waals surface area contributed by atoms with Gasteiger partial charge in [0.25, 0.3) is 0 Å². The van der Waals surface area contributed by atoms with E-state index in [0.717, 1.165) is 12.8 Å². The van der Waals surface area contributed by atoms with Crippen molar-refractivity contribution in [3.05, 3.63) is 42.0 Å². The molecule has 0 aromatic heterocycles. The van der Waals surface area contributed by atoms with Crippen molar-refractivity contribution in [3.63, 3.8) is 0 Å². The third-order valence-corrected chi connectivity index (χ3v) is 6.23. The van der Waals surface area contributed by atoms with Crippen LogP contribution in [0.3, 0.4) is 0 Å². The van der Waals surface area contributed by atoms with E-state index in [0.29, 0.717) is 5.69 Å². The molecule has 0 radical (unpaired) electrons. The first-order chi connectivity index (χ1) is 11.0. The van der Waals surface area contributed by atoms with E-state index in [9.17, 15) is 14.4 Å². The van der Waals surface area contributed by atoms with Gasteiger partial charge in [0.1, 0.15) is 0 Å². The monoisotopic (exact) mass is 309 g/mol. The molecule has 5 heteroatoms. The number of fused-ring (bicyclic) bond motifs is 3. The van der Waals surface area contributed by atoms with Crippen LogP contribution >= 0.6 is 0 Å². The summed E-state index contributed by atoms with van der Waals surface area (Å²) in [7, 11) is 0. The van der Waals surface area contributed by atoms with E-state index in [-0.39, 0.29) is 46.5 Å². The number of benzene rings is 1. The molecule has 3 fully saturated rings. The number of carbonyl (C=O) groups excluding carboxylic acids is 2. The smallest absolute Gasteiger partial charge is 0.335 e. The first-order valence-electron chi connectivity index (χ1n) is 7.94. The molecule has 1 heterocycles. The Morgan fingerprint density at radius 3 is 1.96 bits per heavy atom. The lowest BCUT2D eigenvalue weighted by molar-refractivity contribution is -0.123. The normalized spacial score (nSPS) is 35.2. The molecule has 4 aliphatic rings. The maximum Gasteiger partial charge on any atom is 0.335 e. The molecule has 116 valence electrons. The Hall–Kier alpha value is -2.43. The number of carboxylic acids is 1. The zero-order chi connectivity index (χ0) is 15.9. The number of carboxylic acid groups (broad SMARTS) is 1. The minimum atomic E-state index is -1.02. The number of rotatable bonds is 2. The molecule has 0 unspecified atom stereocenters. The molecule has 5 nitrogen and oxygen atoms in total. The summed E-state index contributed by atoms with van der Waals surface area (Å²) in [5, 5.41) is 8.96. The highest BCUT2D eigenvalue weighted by Crippen LogP contribution is 2.73. The topological polar surface area (TPSA) is 74.7 Å². The Labute approximate surface area is 132 Å². The molecule has 5 rings (SSSR count). The van der Waals surface area contributed by atoms with Gasteiger partial charge in [-0.3, -0.25) is 14.5 Å². The van der Waals surface area contributed by atoms with Gasteiger partial charge < -0.3 is 5.11 Å². The van der Waals surface area contributed by atoms with E-state index in [1.165, 1.54) is 17.0 Å². The highest BCUT2D eigenvalue weighted by molar-refractivity contribution is 6.23. The van der Waals surface area contributed by atoms with Crippen LogP contribution < -0.4 is 4.90 Å². The average Bonchev–Trinajstić information content (AvgIpc) is 3.13. The number of hydrogen-bond acceptors (Lipinski definition) is 3. The lowest BCUT2D eigenvalue weighted by Crippen LogP contribution is -2.34. The van der Waals surface area contributed by atoms with Gasteiger partial charge in [0.05, 0.1) is 23.1 Å². The summed E-state index contributed by atoms with van der Waals surface area (Å²) in [6.07, 6.45) is 6.52. The molecule has 1 aromatic carbocycles. The Morgan fingerprint density at radius 2 is 1.52 bits per heavy atom. The van der Waals surface area contributed by atoms with Gasteiger partial charge in [-0.25, -0.2) is 4.79 Å². The predicted octanol–water partition coefficient (Wildman–Crippen LogP) is 2.09. The fourth-order valence-electron chi connectivity index (χ4n) is 5.09. The maximum atomic E-state index is 12.9. The summed E-state index contributed by atoms with van der Waals surface area (Å²) >= 11 is 0. The van der Waals surface area contributed by atoms with Crippen LogP contribution in [0.25, 0.3) is 0 Å². The van der Waals surface area contributed by atoms with Crippen molar-refractivity contribution >= 4 is 23.5 Å². The molecule has 1 aromatic rings. The molecule has 2 saturated carbocycles. The first-order valence-corrected chi connectivity index (χ1v) is 7.94. The van der Waals surface area contributed by atoms with E-state index < -0.39 is 5.97 Å². The molecule has 1 N–H and O–H groups in total. The molecule has 1 aliphatic heterocycles. The van der Waals surface area contributed by atoms with Gasteiger partial charge in [0.2, 0.25) is 11.8 Å². The first kappa shape index (κ1) is 13.0. The Morgan fingerprint density at radius 1 is 1.00 bits per heavy atom.